The number of nitrogens with zero attached hydrogens (tertiary/aromatic N) is 3. The summed E-state index contributed by atoms with van der Waals surface area (Å²) in [6, 6.07) is 13.5. The number of isocyanates is 1. The second kappa shape index (κ2) is 17.9. The minimum atomic E-state index is -0.430. The zero-order valence-corrected chi connectivity index (χ0v) is 29.1. The molecule has 4 aromatic carbocycles. The maximum atomic E-state index is 10.4. The molecule has 0 saturated heterocycles. The van der Waals surface area contributed by atoms with Crippen molar-refractivity contribution in [2.75, 3.05) is 11.5 Å². The lowest BCUT2D eigenvalue weighted by Crippen LogP contribution is -1.96. The lowest BCUT2D eigenvalue weighted by molar-refractivity contribution is -0.385. The van der Waals surface area contributed by atoms with Crippen molar-refractivity contribution in [3.63, 3.8) is 0 Å². The second-order valence-corrected chi connectivity index (χ2v) is 11.7. The van der Waals surface area contributed by atoms with Crippen molar-refractivity contribution >= 4 is 69.3 Å². The number of nitrogens with two attached hydrogens (primary N) is 2. The van der Waals surface area contributed by atoms with Gasteiger partial charge in [0.15, 0.2) is 0 Å². The third-order valence-electron chi connectivity index (χ3n) is 6.65. The van der Waals surface area contributed by atoms with E-state index in [2.05, 4.69) is 4.99 Å². The van der Waals surface area contributed by atoms with Gasteiger partial charge in [-0.25, -0.2) is 4.79 Å². The average molecular weight is 689 g/mol. The van der Waals surface area contributed by atoms with E-state index in [0.717, 1.165) is 44.1 Å². The first-order chi connectivity index (χ1) is 21.3. The van der Waals surface area contributed by atoms with E-state index in [0.29, 0.717) is 32.5 Å². The monoisotopic (exact) mass is 687 g/mol. The van der Waals surface area contributed by atoms with Crippen molar-refractivity contribution in [2.24, 2.45) is 4.99 Å². The molecular weight excluding hydrogens is 653 g/mol. The van der Waals surface area contributed by atoms with E-state index < -0.39 is 9.85 Å². The summed E-state index contributed by atoms with van der Waals surface area (Å²) in [6.07, 6.45) is 1.49. The minimum absolute atomic E-state index is 0.0746. The molecule has 0 bridgehead atoms. The number of aryl methyl sites for hydroxylation is 8. The van der Waals surface area contributed by atoms with E-state index in [4.69, 9.17) is 46.3 Å². The highest BCUT2D eigenvalue weighted by Gasteiger charge is 2.12. The number of benzene rings is 4. The van der Waals surface area contributed by atoms with E-state index >= 15 is 0 Å². The van der Waals surface area contributed by atoms with Crippen LogP contribution in [0.25, 0.3) is 0 Å². The van der Waals surface area contributed by atoms with Crippen molar-refractivity contribution in [2.45, 2.75) is 55.4 Å². The molecule has 0 fully saturated rings. The summed E-state index contributed by atoms with van der Waals surface area (Å²) in [5, 5.41) is 22.7. The molecule has 10 nitrogen and oxygen atoms in total. The first kappa shape index (κ1) is 39.6. The Labute approximate surface area is 283 Å². The number of hydrogen-bond acceptors (Lipinski definition) is 8. The third kappa shape index (κ3) is 11.8. The van der Waals surface area contributed by atoms with Crippen LogP contribution in [0.2, 0.25) is 15.1 Å². The van der Waals surface area contributed by atoms with Gasteiger partial charge in [0.1, 0.15) is 0 Å². The van der Waals surface area contributed by atoms with Crippen molar-refractivity contribution in [3.05, 3.63) is 128 Å². The van der Waals surface area contributed by atoms with Crippen LogP contribution in [0.3, 0.4) is 0 Å². The molecule has 46 heavy (non-hydrogen) atoms. The van der Waals surface area contributed by atoms with E-state index in [1.165, 1.54) is 18.2 Å². The van der Waals surface area contributed by atoms with Gasteiger partial charge < -0.3 is 11.5 Å². The Morgan fingerprint density at radius 3 is 1.33 bits per heavy atom. The first-order valence-electron chi connectivity index (χ1n) is 13.6. The van der Waals surface area contributed by atoms with Crippen LogP contribution in [0.15, 0.2) is 53.5 Å². The number of anilines is 2. The molecule has 0 saturated carbocycles. The number of nitro benzene ring substituents is 2. The summed E-state index contributed by atoms with van der Waals surface area (Å²) < 4.78 is 0. The average Bonchev–Trinajstić information content (AvgIpc) is 2.95. The van der Waals surface area contributed by atoms with E-state index in [-0.39, 0.29) is 11.4 Å². The molecule has 0 aliphatic carbocycles. The Kier molecular flexibility index (Phi) is 15.4. The van der Waals surface area contributed by atoms with Gasteiger partial charge in [-0.3, -0.25) is 20.2 Å². The minimum Gasteiger partial charge on any atom is -0.398 e. The van der Waals surface area contributed by atoms with Crippen LogP contribution in [-0.4, -0.2) is 15.9 Å². The fourth-order valence-corrected chi connectivity index (χ4v) is 4.38. The lowest BCUT2D eigenvalue weighted by atomic mass is 10.1. The van der Waals surface area contributed by atoms with Gasteiger partial charge in [-0.2, -0.15) is 4.99 Å². The SMILES string of the molecule is Cc1cc(C)c(Cl)cc1N.Cc1cc(C)c(N=C=O)cc1Cl.Cc1cc(C)c([N+](=O)[O-])cc1Cl.Cc1cc(C)c([N+](=O)[O-])cc1N. The van der Waals surface area contributed by atoms with Crippen molar-refractivity contribution < 1.29 is 14.6 Å². The van der Waals surface area contributed by atoms with Crippen LogP contribution in [0.4, 0.5) is 28.4 Å². The van der Waals surface area contributed by atoms with Crippen molar-refractivity contribution in [1.29, 1.82) is 0 Å². The Morgan fingerprint density at radius 2 is 0.891 bits per heavy atom. The maximum absolute atomic E-state index is 10.4. The summed E-state index contributed by atoms with van der Waals surface area (Å²) in [4.78, 5) is 33.5. The Balaban J connectivity index is 0.000000307. The number of halogens is 3. The molecule has 0 atom stereocenters. The summed E-state index contributed by atoms with van der Waals surface area (Å²) >= 11 is 17.4. The predicted molar refractivity (Wildman–Crippen MR) is 189 cm³/mol. The van der Waals surface area contributed by atoms with Gasteiger partial charge in [-0.1, -0.05) is 46.9 Å². The summed E-state index contributed by atoms with van der Waals surface area (Å²) in [5.41, 5.74) is 20.2. The van der Waals surface area contributed by atoms with Crippen LogP contribution < -0.4 is 11.5 Å². The molecule has 0 heterocycles. The topological polar surface area (TPSA) is 168 Å². The smallest absolute Gasteiger partial charge is 0.274 e. The van der Waals surface area contributed by atoms with Crippen LogP contribution in [0.5, 0.6) is 0 Å². The molecule has 4 rings (SSSR count). The highest BCUT2D eigenvalue weighted by Crippen LogP contribution is 2.27. The van der Waals surface area contributed by atoms with Crippen molar-refractivity contribution in [3.8, 4) is 0 Å². The molecule has 0 aliphatic rings. The van der Waals surface area contributed by atoms with Gasteiger partial charge in [-0.15, -0.1) is 0 Å². The standard InChI is InChI=1S/C9H8ClNO.C8H8ClNO2.C8H10ClN.C8H10N2O2/c1-6-3-7(2)9(11-5-12)4-8(6)10;1-5-3-6(2)8(10(11)12)4-7(5)9;1-5-3-6(2)8(10)4-7(5)9;1-5-3-6(2)8(10(11)12)4-7(5)9/h2*3-4H,1-2H3;3-4H,10H2,1-2H3;3-4H,9H2,1-2H3. The third-order valence-corrected chi connectivity index (χ3v) is 7.87. The van der Waals surface area contributed by atoms with Gasteiger partial charge in [0.2, 0.25) is 6.08 Å². The Bertz CT molecular complexity index is 1610. The normalized spacial score (nSPS) is 9.72. The maximum Gasteiger partial charge on any atom is 0.274 e. The molecule has 4 N–H and O–H groups in total. The summed E-state index contributed by atoms with van der Waals surface area (Å²) in [6.45, 7) is 14.8. The van der Waals surface area contributed by atoms with Gasteiger partial charge in [0.25, 0.3) is 11.4 Å². The van der Waals surface area contributed by atoms with E-state index in [1.807, 2.05) is 53.7 Å². The summed E-state index contributed by atoms with van der Waals surface area (Å²) in [7, 11) is 0. The first-order valence-corrected chi connectivity index (χ1v) is 14.7. The van der Waals surface area contributed by atoms with Crippen LogP contribution in [0.1, 0.15) is 44.5 Å². The number of aliphatic imine (C=N–C) groups is 1. The Hall–Kier alpha value is -4.47. The van der Waals surface area contributed by atoms with E-state index in [9.17, 15) is 25.0 Å². The molecule has 0 unspecified atom stereocenters. The number of carbonyl (C=O) groups excluding carboxylic acids is 1. The Morgan fingerprint density at radius 1 is 0.543 bits per heavy atom. The molecule has 0 aliphatic heterocycles. The second-order valence-electron chi connectivity index (χ2n) is 10.4. The molecule has 0 radical (unpaired) electrons. The number of rotatable bonds is 3. The van der Waals surface area contributed by atoms with Gasteiger partial charge in [0.05, 0.1) is 20.6 Å². The zero-order chi connectivity index (χ0) is 35.5. The van der Waals surface area contributed by atoms with Crippen LogP contribution in [0, 0.1) is 75.6 Å². The highest BCUT2D eigenvalue weighted by molar-refractivity contribution is 6.32. The summed E-state index contributed by atoms with van der Waals surface area (Å²) in [5.74, 6) is 0. The zero-order valence-electron chi connectivity index (χ0n) is 26.8. The molecule has 0 amide bonds. The van der Waals surface area contributed by atoms with Crippen LogP contribution >= 0.6 is 34.8 Å². The number of hydrogen-bond donors (Lipinski definition) is 2. The quantitative estimate of drug-likeness (QED) is 0.0709. The molecule has 4 aromatic rings. The fourth-order valence-electron chi connectivity index (χ4n) is 3.89. The van der Waals surface area contributed by atoms with Crippen LogP contribution in [-0.2, 0) is 4.79 Å². The van der Waals surface area contributed by atoms with E-state index in [1.54, 1.807) is 38.1 Å². The largest absolute Gasteiger partial charge is 0.398 e. The molecule has 244 valence electrons. The molecular formula is C33H36Cl3N5O5. The highest BCUT2D eigenvalue weighted by atomic mass is 35.5. The lowest BCUT2D eigenvalue weighted by Gasteiger charge is -2.02. The predicted octanol–water partition coefficient (Wildman–Crippen LogP) is 10.1. The van der Waals surface area contributed by atoms with Gasteiger partial charge in [-0.05, 0) is 113 Å². The molecule has 0 aromatic heterocycles. The fraction of sp³-hybridized carbons (Fsp3) is 0.242. The number of nitrogen functional groups attached to an aromatic ring is 2. The van der Waals surface area contributed by atoms with Crippen molar-refractivity contribution in [1.82, 2.24) is 0 Å². The molecule has 13 heteroatoms. The molecule has 0 spiro atoms. The number of nitro groups is 2. The van der Waals surface area contributed by atoms with Gasteiger partial charge >= 0.3 is 0 Å². The van der Waals surface area contributed by atoms with Gasteiger partial charge in [0, 0.05) is 44.7 Å².